The van der Waals surface area contributed by atoms with Crippen LogP contribution in [0.3, 0.4) is 0 Å². The van der Waals surface area contributed by atoms with Gasteiger partial charge >= 0.3 is 0 Å². The molecule has 2 rings (SSSR count). The van der Waals surface area contributed by atoms with Crippen LogP contribution in [0.15, 0.2) is 42.5 Å². The van der Waals surface area contributed by atoms with Crippen molar-refractivity contribution in [3.8, 4) is 5.75 Å². The summed E-state index contributed by atoms with van der Waals surface area (Å²) in [6, 6.07) is 11.9. The van der Waals surface area contributed by atoms with Crippen molar-refractivity contribution in [3.63, 3.8) is 0 Å². The van der Waals surface area contributed by atoms with Gasteiger partial charge in [-0.25, -0.2) is 0 Å². The maximum atomic E-state index is 12.4. The lowest BCUT2D eigenvalue weighted by atomic mass is 10.2. The summed E-state index contributed by atoms with van der Waals surface area (Å²) in [7, 11) is 0. The molecule has 0 saturated heterocycles. The molecule has 0 spiro atoms. The van der Waals surface area contributed by atoms with Crippen LogP contribution >= 0.6 is 23.2 Å². The van der Waals surface area contributed by atoms with E-state index in [9.17, 15) is 9.59 Å². The molecule has 2 aromatic carbocycles. The van der Waals surface area contributed by atoms with Crippen molar-refractivity contribution < 1.29 is 14.3 Å². The molecule has 0 fully saturated rings. The third kappa shape index (κ3) is 5.38. The molecule has 5 nitrogen and oxygen atoms in total. The van der Waals surface area contributed by atoms with Gasteiger partial charge in [-0.1, -0.05) is 35.3 Å². The van der Waals surface area contributed by atoms with E-state index in [1.165, 1.54) is 11.8 Å². The van der Waals surface area contributed by atoms with Gasteiger partial charge in [0.25, 0.3) is 0 Å². The Morgan fingerprint density at radius 1 is 1.12 bits per heavy atom. The number of halogens is 2. The second-order valence-corrected chi connectivity index (χ2v) is 6.73. The summed E-state index contributed by atoms with van der Waals surface area (Å²) in [6.45, 7) is 5.03. The summed E-state index contributed by atoms with van der Waals surface area (Å²) in [4.78, 5) is 25.9. The van der Waals surface area contributed by atoms with E-state index in [4.69, 9.17) is 27.9 Å². The SMILES string of the molecule is CC(=O)N(CC(=O)Nc1ccc(Cl)c(Cl)c1)c1ccccc1OC(C)C. The summed E-state index contributed by atoms with van der Waals surface area (Å²) in [5.41, 5.74) is 1.04. The fraction of sp³-hybridized carbons (Fsp3) is 0.263. The predicted molar refractivity (Wildman–Crippen MR) is 105 cm³/mol. The largest absolute Gasteiger partial charge is 0.489 e. The third-order valence-electron chi connectivity index (χ3n) is 3.40. The molecule has 0 aliphatic rings. The molecule has 0 aliphatic carbocycles. The molecule has 2 aromatic rings. The van der Waals surface area contributed by atoms with Crippen LogP contribution in [-0.4, -0.2) is 24.5 Å². The number of ether oxygens (including phenoxy) is 1. The van der Waals surface area contributed by atoms with Gasteiger partial charge in [-0.3, -0.25) is 14.5 Å². The second-order valence-electron chi connectivity index (χ2n) is 5.92. The molecular formula is C19H20Cl2N2O3. The molecule has 0 unspecified atom stereocenters. The highest BCUT2D eigenvalue weighted by Gasteiger charge is 2.20. The Balaban J connectivity index is 2.19. The zero-order valence-corrected chi connectivity index (χ0v) is 16.3. The van der Waals surface area contributed by atoms with E-state index in [1.807, 2.05) is 19.9 Å². The molecule has 0 heterocycles. The van der Waals surface area contributed by atoms with Gasteiger partial charge in [0.2, 0.25) is 11.8 Å². The number of rotatable bonds is 6. The van der Waals surface area contributed by atoms with Gasteiger partial charge in [0.05, 0.1) is 21.8 Å². The summed E-state index contributed by atoms with van der Waals surface area (Å²) in [5.74, 6) is -0.0907. The van der Waals surface area contributed by atoms with Crippen LogP contribution in [0.5, 0.6) is 5.75 Å². The van der Waals surface area contributed by atoms with Crippen LogP contribution in [0.25, 0.3) is 0 Å². The number of benzene rings is 2. The van der Waals surface area contributed by atoms with Crippen molar-refractivity contribution >= 4 is 46.4 Å². The molecule has 2 amide bonds. The van der Waals surface area contributed by atoms with E-state index in [0.717, 1.165) is 0 Å². The zero-order chi connectivity index (χ0) is 19.3. The number of nitrogens with zero attached hydrogens (tertiary/aromatic N) is 1. The molecule has 138 valence electrons. The number of para-hydroxylation sites is 2. The molecule has 0 aliphatic heterocycles. The van der Waals surface area contributed by atoms with E-state index in [1.54, 1.807) is 36.4 Å². The molecule has 0 atom stereocenters. The first-order valence-corrected chi connectivity index (χ1v) is 8.82. The molecule has 0 aromatic heterocycles. The topological polar surface area (TPSA) is 58.6 Å². The number of anilines is 2. The molecule has 0 bridgehead atoms. The van der Waals surface area contributed by atoms with E-state index in [2.05, 4.69) is 5.32 Å². The van der Waals surface area contributed by atoms with Gasteiger partial charge in [-0.15, -0.1) is 0 Å². The summed E-state index contributed by atoms with van der Waals surface area (Å²) in [6.07, 6.45) is -0.0602. The summed E-state index contributed by atoms with van der Waals surface area (Å²) >= 11 is 11.8. The van der Waals surface area contributed by atoms with E-state index >= 15 is 0 Å². The standard InChI is InChI=1S/C19H20Cl2N2O3/c1-12(2)26-18-7-5-4-6-17(18)23(13(3)24)11-19(25)22-14-8-9-15(20)16(21)10-14/h4-10,12H,11H2,1-3H3,(H,22,25). The zero-order valence-electron chi connectivity index (χ0n) is 14.8. The molecule has 1 N–H and O–H groups in total. The number of amides is 2. The minimum Gasteiger partial charge on any atom is -0.489 e. The van der Waals surface area contributed by atoms with Crippen molar-refractivity contribution in [1.29, 1.82) is 0 Å². The Bertz CT molecular complexity index is 809. The quantitative estimate of drug-likeness (QED) is 0.767. The van der Waals surface area contributed by atoms with Gasteiger partial charge in [-0.05, 0) is 44.2 Å². The van der Waals surface area contributed by atoms with E-state index in [-0.39, 0.29) is 24.5 Å². The van der Waals surface area contributed by atoms with Gasteiger partial charge in [0, 0.05) is 12.6 Å². The fourth-order valence-corrected chi connectivity index (χ4v) is 2.62. The lowest BCUT2D eigenvalue weighted by Crippen LogP contribution is -2.37. The normalized spacial score (nSPS) is 10.5. The van der Waals surface area contributed by atoms with Crippen molar-refractivity contribution in [2.24, 2.45) is 0 Å². The second kappa shape index (κ2) is 8.92. The van der Waals surface area contributed by atoms with Crippen molar-refractivity contribution in [3.05, 3.63) is 52.5 Å². The molecule has 0 saturated carbocycles. The minimum atomic E-state index is -0.363. The molecular weight excluding hydrogens is 375 g/mol. The maximum Gasteiger partial charge on any atom is 0.244 e. The first-order chi connectivity index (χ1) is 12.3. The Hall–Kier alpha value is -2.24. The minimum absolute atomic E-state index is 0.0602. The average molecular weight is 395 g/mol. The van der Waals surface area contributed by atoms with Gasteiger partial charge < -0.3 is 10.1 Å². The van der Waals surface area contributed by atoms with E-state index < -0.39 is 0 Å². The van der Waals surface area contributed by atoms with Gasteiger partial charge in [-0.2, -0.15) is 0 Å². The smallest absolute Gasteiger partial charge is 0.244 e. The van der Waals surface area contributed by atoms with Crippen molar-refractivity contribution in [2.45, 2.75) is 26.9 Å². The molecule has 0 radical (unpaired) electrons. The van der Waals surface area contributed by atoms with Crippen LogP contribution in [-0.2, 0) is 9.59 Å². The van der Waals surface area contributed by atoms with Crippen LogP contribution in [0, 0.1) is 0 Å². The Morgan fingerprint density at radius 3 is 2.42 bits per heavy atom. The third-order valence-corrected chi connectivity index (χ3v) is 4.14. The Kier molecular flexibility index (Phi) is 6.89. The van der Waals surface area contributed by atoms with Crippen LogP contribution in [0.1, 0.15) is 20.8 Å². The highest BCUT2D eigenvalue weighted by molar-refractivity contribution is 6.42. The number of hydrogen-bond acceptors (Lipinski definition) is 3. The summed E-state index contributed by atoms with van der Waals surface area (Å²) < 4.78 is 5.75. The fourth-order valence-electron chi connectivity index (χ4n) is 2.32. The van der Waals surface area contributed by atoms with Gasteiger partial charge in [0.15, 0.2) is 0 Å². The first-order valence-electron chi connectivity index (χ1n) is 8.06. The predicted octanol–water partition coefficient (Wildman–Crippen LogP) is 4.77. The van der Waals surface area contributed by atoms with Crippen LogP contribution < -0.4 is 15.0 Å². The number of nitrogens with one attached hydrogen (secondary N) is 1. The maximum absolute atomic E-state index is 12.4. The molecule has 26 heavy (non-hydrogen) atoms. The number of carbonyl (C=O) groups excluding carboxylic acids is 2. The first kappa shape index (κ1) is 20.1. The lowest BCUT2D eigenvalue weighted by molar-refractivity contribution is -0.120. The van der Waals surface area contributed by atoms with Crippen molar-refractivity contribution in [1.82, 2.24) is 0 Å². The summed E-state index contributed by atoms with van der Waals surface area (Å²) in [5, 5.41) is 3.44. The van der Waals surface area contributed by atoms with Gasteiger partial charge in [0.1, 0.15) is 12.3 Å². The highest BCUT2D eigenvalue weighted by Crippen LogP contribution is 2.29. The Morgan fingerprint density at radius 2 is 1.81 bits per heavy atom. The lowest BCUT2D eigenvalue weighted by Gasteiger charge is -2.24. The Labute approximate surface area is 162 Å². The van der Waals surface area contributed by atoms with Crippen LogP contribution in [0.2, 0.25) is 10.0 Å². The number of carbonyl (C=O) groups is 2. The van der Waals surface area contributed by atoms with E-state index in [0.29, 0.717) is 27.2 Å². The van der Waals surface area contributed by atoms with Crippen molar-refractivity contribution in [2.75, 3.05) is 16.8 Å². The molecule has 7 heteroatoms. The number of hydrogen-bond donors (Lipinski definition) is 1. The van der Waals surface area contributed by atoms with Crippen LogP contribution in [0.4, 0.5) is 11.4 Å². The monoisotopic (exact) mass is 394 g/mol. The average Bonchev–Trinajstić information content (AvgIpc) is 2.56. The highest BCUT2D eigenvalue weighted by atomic mass is 35.5.